The molecule has 1 atom stereocenters. The van der Waals surface area contributed by atoms with Crippen LogP contribution in [0.15, 0.2) is 71.4 Å². The van der Waals surface area contributed by atoms with Crippen LogP contribution in [-0.4, -0.2) is 19.1 Å². The molecule has 6 heteroatoms. The van der Waals surface area contributed by atoms with E-state index in [0.717, 1.165) is 22.3 Å². The Morgan fingerprint density at radius 3 is 2.22 bits per heavy atom. The molecular weight excluding hydrogens is 436 g/mol. The highest BCUT2D eigenvalue weighted by atomic mass is 32.1. The highest BCUT2D eigenvalue weighted by Gasteiger charge is 2.17. The second kappa shape index (κ2) is 10.1. The molecule has 0 spiro atoms. The second-order valence-corrected chi connectivity index (χ2v) is 9.50. The Hall–Kier alpha value is -2.93. The highest BCUT2D eigenvalue weighted by molar-refractivity contribution is 7.14. The monoisotopic (exact) mass is 462 g/mol. The van der Waals surface area contributed by atoms with Crippen molar-refractivity contribution in [2.24, 2.45) is 5.73 Å². The molecule has 0 aliphatic carbocycles. The Balaban J connectivity index is 1.62. The molecular formula is C26H26N2O2S2. The van der Waals surface area contributed by atoms with Crippen LogP contribution in [0.4, 0.5) is 0 Å². The van der Waals surface area contributed by atoms with Gasteiger partial charge in [-0.2, -0.15) is 0 Å². The first-order valence-electron chi connectivity index (χ1n) is 10.5. The topological polar surface area (TPSA) is 64.3 Å². The third kappa shape index (κ3) is 5.10. The van der Waals surface area contributed by atoms with Gasteiger partial charge in [-0.25, -0.2) is 0 Å². The van der Waals surface area contributed by atoms with E-state index in [-0.39, 0.29) is 11.9 Å². The lowest BCUT2D eigenvalue weighted by atomic mass is 9.99. The average Bonchev–Trinajstić information content (AvgIpc) is 3.52. The van der Waals surface area contributed by atoms with Crippen LogP contribution >= 0.6 is 22.7 Å². The Morgan fingerprint density at radius 2 is 1.66 bits per heavy atom. The minimum atomic E-state index is -0.158. The Bertz CT molecular complexity index is 1130. The van der Waals surface area contributed by atoms with E-state index in [0.29, 0.717) is 24.5 Å². The van der Waals surface area contributed by atoms with Gasteiger partial charge in [-0.15, -0.1) is 22.7 Å². The van der Waals surface area contributed by atoms with Gasteiger partial charge in [0.25, 0.3) is 5.91 Å². The van der Waals surface area contributed by atoms with Crippen LogP contribution in [0, 0.1) is 6.92 Å². The lowest BCUT2D eigenvalue weighted by Crippen LogP contribution is -2.27. The fraction of sp³-hybridized carbons (Fsp3) is 0.192. The number of benzene rings is 2. The molecule has 0 unspecified atom stereocenters. The molecule has 1 amide bonds. The lowest BCUT2D eigenvalue weighted by Gasteiger charge is -2.18. The molecule has 0 radical (unpaired) electrons. The van der Waals surface area contributed by atoms with Crippen LogP contribution in [0.5, 0.6) is 5.75 Å². The molecule has 0 aliphatic rings. The summed E-state index contributed by atoms with van der Waals surface area (Å²) in [6.45, 7) is 4.80. The normalized spacial score (nSPS) is 11.8. The molecule has 4 aromatic rings. The third-order valence-corrected chi connectivity index (χ3v) is 7.09. The number of hydrogen-bond acceptors (Lipinski definition) is 5. The van der Waals surface area contributed by atoms with Crippen LogP contribution < -0.4 is 15.8 Å². The van der Waals surface area contributed by atoms with E-state index in [2.05, 4.69) is 58.5 Å². The largest absolute Gasteiger partial charge is 0.492 e. The fourth-order valence-electron chi connectivity index (χ4n) is 3.54. The predicted molar refractivity (Wildman–Crippen MR) is 135 cm³/mol. The van der Waals surface area contributed by atoms with Gasteiger partial charge in [-0.05, 0) is 89.3 Å². The molecule has 0 saturated carbocycles. The van der Waals surface area contributed by atoms with E-state index in [4.69, 9.17) is 10.5 Å². The van der Waals surface area contributed by atoms with E-state index in [1.807, 2.05) is 26.0 Å². The standard InChI is InChI=1S/C26H26N2O2S2/c1-17-7-8-22(30-10-9-27)16-23(17)26(29)28-18(2)19-13-20(24-5-3-11-31-24)15-21(14-19)25-6-4-12-32-25/h3-8,11-16,18H,9-10,27H2,1-2H3,(H,28,29)/t18-/m0/s1. The fourth-order valence-corrected chi connectivity index (χ4v) is 4.97. The molecule has 32 heavy (non-hydrogen) atoms. The second-order valence-electron chi connectivity index (χ2n) is 7.61. The SMILES string of the molecule is Cc1ccc(OCCN)cc1C(=O)N[C@@H](C)c1cc(-c2cccs2)cc(-c2cccs2)c1. The van der Waals surface area contributed by atoms with Gasteiger partial charge in [0.05, 0.1) is 6.04 Å². The number of hydrogen-bond donors (Lipinski definition) is 2. The number of nitrogens with two attached hydrogens (primary N) is 1. The van der Waals surface area contributed by atoms with Gasteiger partial charge < -0.3 is 15.8 Å². The van der Waals surface area contributed by atoms with Crippen LogP contribution in [-0.2, 0) is 0 Å². The highest BCUT2D eigenvalue weighted by Crippen LogP contribution is 2.34. The van der Waals surface area contributed by atoms with E-state index < -0.39 is 0 Å². The quantitative estimate of drug-likeness (QED) is 0.324. The van der Waals surface area contributed by atoms with Gasteiger partial charge in [-0.3, -0.25) is 4.79 Å². The number of carbonyl (C=O) groups excluding carboxylic acids is 1. The molecule has 2 aromatic heterocycles. The number of amides is 1. The summed E-state index contributed by atoms with van der Waals surface area (Å²) in [6.07, 6.45) is 0. The molecule has 4 nitrogen and oxygen atoms in total. The van der Waals surface area contributed by atoms with E-state index in [9.17, 15) is 4.79 Å². The number of thiophene rings is 2. The zero-order valence-corrected chi connectivity index (χ0v) is 19.8. The zero-order chi connectivity index (χ0) is 22.5. The average molecular weight is 463 g/mol. The molecule has 2 aromatic carbocycles. The molecule has 0 aliphatic heterocycles. The molecule has 0 saturated heterocycles. The van der Waals surface area contributed by atoms with Crippen molar-refractivity contribution in [2.45, 2.75) is 19.9 Å². The summed E-state index contributed by atoms with van der Waals surface area (Å²) in [4.78, 5) is 15.5. The first-order chi connectivity index (χ1) is 15.5. The van der Waals surface area contributed by atoms with Crippen LogP contribution in [0.2, 0.25) is 0 Å². The maximum atomic E-state index is 13.1. The molecule has 164 valence electrons. The third-order valence-electron chi connectivity index (χ3n) is 5.25. The summed E-state index contributed by atoms with van der Waals surface area (Å²) in [7, 11) is 0. The van der Waals surface area contributed by atoms with Crippen molar-refractivity contribution < 1.29 is 9.53 Å². The van der Waals surface area contributed by atoms with Crippen molar-refractivity contribution in [1.82, 2.24) is 5.32 Å². The summed E-state index contributed by atoms with van der Waals surface area (Å²) in [5.41, 5.74) is 10.4. The van der Waals surface area contributed by atoms with E-state index in [1.54, 1.807) is 28.7 Å². The predicted octanol–water partition coefficient (Wildman–Crippen LogP) is 6.28. The summed E-state index contributed by atoms with van der Waals surface area (Å²) >= 11 is 3.43. The van der Waals surface area contributed by atoms with Gasteiger partial charge in [0.1, 0.15) is 12.4 Å². The van der Waals surface area contributed by atoms with Crippen molar-refractivity contribution in [3.05, 3.63) is 88.1 Å². The number of nitrogens with one attached hydrogen (secondary N) is 1. The van der Waals surface area contributed by atoms with Gasteiger partial charge in [0, 0.05) is 21.9 Å². The summed E-state index contributed by atoms with van der Waals surface area (Å²) in [5, 5.41) is 7.34. The van der Waals surface area contributed by atoms with Crippen molar-refractivity contribution >= 4 is 28.6 Å². The van der Waals surface area contributed by atoms with Gasteiger partial charge >= 0.3 is 0 Å². The minimum Gasteiger partial charge on any atom is -0.492 e. The first-order valence-corrected chi connectivity index (χ1v) is 12.3. The van der Waals surface area contributed by atoms with Crippen molar-refractivity contribution in [2.75, 3.05) is 13.2 Å². The van der Waals surface area contributed by atoms with Crippen LogP contribution in [0.1, 0.15) is 34.5 Å². The molecule has 3 N–H and O–H groups in total. The maximum Gasteiger partial charge on any atom is 0.252 e. The number of rotatable bonds is 8. The number of ether oxygens (including phenoxy) is 1. The summed E-state index contributed by atoms with van der Waals surface area (Å²) < 4.78 is 5.60. The van der Waals surface area contributed by atoms with Crippen LogP contribution in [0.25, 0.3) is 20.9 Å². The summed E-state index contributed by atoms with van der Waals surface area (Å²) in [6, 6.07) is 20.3. The van der Waals surface area contributed by atoms with Gasteiger partial charge in [0.2, 0.25) is 0 Å². The Morgan fingerprint density at radius 1 is 1.00 bits per heavy atom. The smallest absolute Gasteiger partial charge is 0.252 e. The number of aryl methyl sites for hydroxylation is 1. The van der Waals surface area contributed by atoms with E-state index in [1.165, 1.54) is 9.75 Å². The Labute approximate surface area is 196 Å². The summed E-state index contributed by atoms with van der Waals surface area (Å²) in [5.74, 6) is 0.533. The molecule has 4 rings (SSSR count). The number of carbonyl (C=O) groups is 1. The first kappa shape index (κ1) is 22.3. The lowest BCUT2D eigenvalue weighted by molar-refractivity contribution is 0.0939. The minimum absolute atomic E-state index is 0.118. The van der Waals surface area contributed by atoms with Crippen molar-refractivity contribution in [3.8, 4) is 26.6 Å². The van der Waals surface area contributed by atoms with Crippen molar-refractivity contribution in [1.29, 1.82) is 0 Å². The van der Waals surface area contributed by atoms with Crippen molar-refractivity contribution in [3.63, 3.8) is 0 Å². The molecule has 2 heterocycles. The van der Waals surface area contributed by atoms with E-state index >= 15 is 0 Å². The molecule has 0 fully saturated rings. The molecule has 0 bridgehead atoms. The van der Waals surface area contributed by atoms with Gasteiger partial charge in [-0.1, -0.05) is 18.2 Å². The van der Waals surface area contributed by atoms with Crippen LogP contribution in [0.3, 0.4) is 0 Å². The van der Waals surface area contributed by atoms with Gasteiger partial charge in [0.15, 0.2) is 0 Å². The maximum absolute atomic E-state index is 13.1. The Kier molecular flexibility index (Phi) is 7.05. The zero-order valence-electron chi connectivity index (χ0n) is 18.1.